The zero-order valence-electron chi connectivity index (χ0n) is 35.9. The summed E-state index contributed by atoms with van der Waals surface area (Å²) in [6.07, 6.45) is 17.1. The lowest BCUT2D eigenvalue weighted by molar-refractivity contribution is -0.326. The van der Waals surface area contributed by atoms with E-state index in [1.54, 1.807) is 12.4 Å². The van der Waals surface area contributed by atoms with E-state index in [4.69, 9.17) is 37.9 Å². The van der Waals surface area contributed by atoms with Gasteiger partial charge in [-0.3, -0.25) is 9.97 Å². The third kappa shape index (κ3) is 17.9. The molecule has 2 aromatic heterocycles. The molecule has 12 nitrogen and oxygen atoms in total. The molecule has 12 heteroatoms. The number of aromatic nitrogens is 2. The van der Waals surface area contributed by atoms with Crippen LogP contribution in [-0.4, -0.2) is 74.1 Å². The summed E-state index contributed by atoms with van der Waals surface area (Å²) in [6.45, 7) is 10.5. The second kappa shape index (κ2) is 28.2. The lowest BCUT2D eigenvalue weighted by Gasteiger charge is -2.31. The molecule has 2 aromatic carbocycles. The van der Waals surface area contributed by atoms with Crippen molar-refractivity contribution in [2.24, 2.45) is 0 Å². The minimum atomic E-state index is -0.658. The van der Waals surface area contributed by atoms with Gasteiger partial charge in [-0.15, -0.1) is 0 Å². The van der Waals surface area contributed by atoms with Gasteiger partial charge in [0.15, 0.2) is 0 Å². The van der Waals surface area contributed by atoms with Crippen LogP contribution in [-0.2, 0) is 51.2 Å². The number of hydrogen-bond donors (Lipinski definition) is 0. The van der Waals surface area contributed by atoms with Crippen LogP contribution >= 0.6 is 0 Å². The van der Waals surface area contributed by atoms with E-state index in [0.29, 0.717) is 52.9 Å². The first-order valence-electron chi connectivity index (χ1n) is 21.9. The summed E-state index contributed by atoms with van der Waals surface area (Å²) < 4.78 is 45.8. The van der Waals surface area contributed by atoms with Gasteiger partial charge in [0.25, 0.3) is 0 Å². The molecule has 0 N–H and O–H groups in total. The fourth-order valence-electron chi connectivity index (χ4n) is 6.58. The van der Waals surface area contributed by atoms with E-state index in [0.717, 1.165) is 122 Å². The highest BCUT2D eigenvalue weighted by Crippen LogP contribution is 2.24. The summed E-state index contributed by atoms with van der Waals surface area (Å²) in [5, 5.41) is 0. The van der Waals surface area contributed by atoms with Crippen molar-refractivity contribution in [2.45, 2.75) is 103 Å². The van der Waals surface area contributed by atoms with E-state index >= 15 is 0 Å². The summed E-state index contributed by atoms with van der Waals surface area (Å²) in [7, 11) is 0. The maximum Gasteiger partial charge on any atom is 0.330 e. The van der Waals surface area contributed by atoms with Crippen LogP contribution in [0.15, 0.2) is 111 Å². The summed E-state index contributed by atoms with van der Waals surface area (Å²) in [6, 6.07) is 24.1. The average Bonchev–Trinajstić information content (AvgIpc) is 3.32. The van der Waals surface area contributed by atoms with Gasteiger partial charge >= 0.3 is 11.9 Å². The van der Waals surface area contributed by atoms with E-state index in [2.05, 4.69) is 23.1 Å². The molecular weight excluding hydrogens is 789 g/mol. The molecule has 0 spiro atoms. The molecule has 0 aliphatic carbocycles. The third-order valence-corrected chi connectivity index (χ3v) is 10.1. The third-order valence-electron chi connectivity index (χ3n) is 10.1. The molecule has 332 valence electrons. The maximum atomic E-state index is 11.1. The van der Waals surface area contributed by atoms with Crippen molar-refractivity contribution in [1.29, 1.82) is 0 Å². The van der Waals surface area contributed by atoms with Gasteiger partial charge in [-0.2, -0.15) is 0 Å². The van der Waals surface area contributed by atoms with Crippen LogP contribution in [0, 0.1) is 0 Å². The van der Waals surface area contributed by atoms with Gasteiger partial charge in [0.2, 0.25) is 12.6 Å². The first-order chi connectivity index (χ1) is 30.5. The number of esters is 2. The highest BCUT2D eigenvalue weighted by molar-refractivity contribution is 5.81. The molecule has 3 heterocycles. The molecule has 1 fully saturated rings. The van der Waals surface area contributed by atoms with Crippen molar-refractivity contribution in [3.63, 3.8) is 0 Å². The predicted molar refractivity (Wildman–Crippen MR) is 237 cm³/mol. The van der Waals surface area contributed by atoms with Gasteiger partial charge in [-0.25, -0.2) is 9.59 Å². The van der Waals surface area contributed by atoms with Gasteiger partial charge in [-0.05, 0) is 61.1 Å². The van der Waals surface area contributed by atoms with Gasteiger partial charge in [-0.1, -0.05) is 113 Å². The number of carbonyl (C=O) groups is 2. The maximum absolute atomic E-state index is 11.1. The SMILES string of the molecule is C=CC(=O)OCCCCCCCCOc1ccc(-c2ccc(COC3OCCOC3OCc3ccc(-c4ccc(OCCCCCCCCOC(=O)C=C)cn4)cc3)cc2)nc1. The Balaban J connectivity index is 0.943. The molecule has 0 amide bonds. The van der Waals surface area contributed by atoms with Crippen molar-refractivity contribution in [3.8, 4) is 34.0 Å². The summed E-state index contributed by atoms with van der Waals surface area (Å²) >= 11 is 0. The number of benzene rings is 2. The van der Waals surface area contributed by atoms with Gasteiger partial charge < -0.3 is 37.9 Å². The van der Waals surface area contributed by atoms with Gasteiger partial charge in [0.1, 0.15) is 11.5 Å². The Morgan fingerprint density at radius 1 is 0.516 bits per heavy atom. The van der Waals surface area contributed by atoms with Crippen molar-refractivity contribution >= 4 is 11.9 Å². The number of pyridine rings is 2. The lowest BCUT2D eigenvalue weighted by atomic mass is 10.1. The highest BCUT2D eigenvalue weighted by Gasteiger charge is 2.29. The molecule has 2 atom stereocenters. The highest BCUT2D eigenvalue weighted by atomic mass is 16.8. The topological polar surface area (TPSA) is 134 Å². The fourth-order valence-corrected chi connectivity index (χ4v) is 6.58. The van der Waals surface area contributed by atoms with E-state index in [9.17, 15) is 9.59 Å². The zero-order chi connectivity index (χ0) is 43.5. The van der Waals surface area contributed by atoms with Crippen LogP contribution in [0.5, 0.6) is 11.5 Å². The Bertz CT molecular complexity index is 1750. The van der Waals surface area contributed by atoms with Gasteiger partial charge in [0.05, 0.1) is 76.6 Å². The zero-order valence-corrected chi connectivity index (χ0v) is 35.9. The van der Waals surface area contributed by atoms with Crippen molar-refractivity contribution in [1.82, 2.24) is 9.97 Å². The number of unbranched alkanes of at least 4 members (excludes halogenated alkanes) is 10. The molecule has 62 heavy (non-hydrogen) atoms. The molecule has 0 saturated carbocycles. The first kappa shape index (κ1) is 47.6. The quantitative estimate of drug-likeness (QED) is 0.0281. The van der Waals surface area contributed by atoms with Crippen LogP contribution in [0.2, 0.25) is 0 Å². The van der Waals surface area contributed by atoms with E-state index in [1.165, 1.54) is 12.2 Å². The molecule has 1 aliphatic rings. The molecule has 0 radical (unpaired) electrons. The molecule has 5 rings (SSSR count). The minimum Gasteiger partial charge on any atom is -0.492 e. The Morgan fingerprint density at radius 3 is 1.24 bits per heavy atom. The Labute approximate surface area is 366 Å². The lowest BCUT2D eigenvalue weighted by Crippen LogP contribution is -2.41. The van der Waals surface area contributed by atoms with Crippen LogP contribution in [0.1, 0.15) is 88.2 Å². The van der Waals surface area contributed by atoms with Crippen LogP contribution < -0.4 is 9.47 Å². The summed E-state index contributed by atoms with van der Waals surface area (Å²) in [5.41, 5.74) is 5.71. The minimum absolute atomic E-state index is 0.338. The second-order valence-electron chi connectivity index (χ2n) is 14.9. The Kier molecular flexibility index (Phi) is 21.7. The molecule has 1 aliphatic heterocycles. The Morgan fingerprint density at radius 2 is 0.887 bits per heavy atom. The molecule has 2 unspecified atom stereocenters. The summed E-state index contributed by atoms with van der Waals surface area (Å²) in [4.78, 5) is 31.3. The van der Waals surface area contributed by atoms with Crippen molar-refractivity contribution in [3.05, 3.63) is 122 Å². The normalized spacial score (nSPS) is 14.8. The van der Waals surface area contributed by atoms with Crippen molar-refractivity contribution < 1.29 is 47.5 Å². The van der Waals surface area contributed by atoms with Crippen LogP contribution in [0.25, 0.3) is 22.5 Å². The predicted octanol–water partition coefficient (Wildman–Crippen LogP) is 10.1. The van der Waals surface area contributed by atoms with Crippen molar-refractivity contribution in [2.75, 3.05) is 39.6 Å². The van der Waals surface area contributed by atoms with Gasteiger partial charge in [0, 0.05) is 23.3 Å². The number of nitrogens with zero attached hydrogens (tertiary/aromatic N) is 2. The largest absolute Gasteiger partial charge is 0.492 e. The summed E-state index contributed by atoms with van der Waals surface area (Å²) in [5.74, 6) is 0.793. The van der Waals surface area contributed by atoms with E-state index < -0.39 is 12.6 Å². The molecule has 1 saturated heterocycles. The number of carbonyl (C=O) groups excluding carboxylic acids is 2. The number of hydrogen-bond acceptors (Lipinski definition) is 12. The Hall–Kier alpha value is -5.40. The molecule has 4 aromatic rings. The average molecular weight is 851 g/mol. The van der Waals surface area contributed by atoms with Crippen LogP contribution in [0.4, 0.5) is 0 Å². The fraction of sp³-hybridized carbons (Fsp3) is 0.440. The number of ether oxygens (including phenoxy) is 8. The number of rotatable bonds is 30. The van der Waals surface area contributed by atoms with Crippen LogP contribution in [0.3, 0.4) is 0 Å². The molecular formula is C50H62N2O10. The first-order valence-corrected chi connectivity index (χ1v) is 21.9. The monoisotopic (exact) mass is 850 g/mol. The smallest absolute Gasteiger partial charge is 0.330 e. The second-order valence-corrected chi connectivity index (χ2v) is 14.9. The molecule has 0 bridgehead atoms. The van der Waals surface area contributed by atoms with E-state index in [1.807, 2.05) is 72.8 Å². The van der Waals surface area contributed by atoms with E-state index in [-0.39, 0.29) is 11.9 Å². The standard InChI is InChI=1S/C50H62N2O10/c1-3-47(53)57-31-15-11-7-5-9-13-29-55-43-25-27-45(51-35-43)41-21-17-39(18-22-41)37-61-49-50(60-34-33-59-49)62-38-40-19-23-42(24-20-40)46-28-26-44(36-52-46)56-30-14-10-6-8-12-16-32-58-48(54)4-2/h3-4,17-28,35-36,49-50H,1-2,5-16,29-34,37-38H2.